The predicted molar refractivity (Wildman–Crippen MR) is 117 cm³/mol. The summed E-state index contributed by atoms with van der Waals surface area (Å²) in [6.45, 7) is 5.67. The van der Waals surface area contributed by atoms with Crippen LogP contribution in [0.15, 0.2) is 47.4 Å². The molecule has 0 unspecified atom stereocenters. The molecule has 1 heterocycles. The van der Waals surface area contributed by atoms with Crippen LogP contribution in [0.1, 0.15) is 23.1 Å². The maximum atomic E-state index is 12.5. The molecular formula is C20H22N4O4S2. The van der Waals surface area contributed by atoms with Gasteiger partial charge in [-0.3, -0.25) is 9.52 Å². The zero-order valence-electron chi connectivity index (χ0n) is 16.8. The normalized spacial score (nSPS) is 11.2. The number of hydrogen-bond acceptors (Lipinski definition) is 7. The molecule has 158 valence electrons. The number of benzene rings is 2. The molecule has 3 aromatic rings. The fourth-order valence-electron chi connectivity index (χ4n) is 2.63. The molecule has 0 saturated carbocycles. The van der Waals surface area contributed by atoms with Gasteiger partial charge in [0, 0.05) is 5.69 Å². The quantitative estimate of drug-likeness (QED) is 0.548. The molecule has 10 heteroatoms. The average Bonchev–Trinajstić information content (AvgIpc) is 3.14. The second-order valence-corrected chi connectivity index (χ2v) is 9.33. The minimum absolute atomic E-state index is 0.0558. The molecule has 1 amide bonds. The van der Waals surface area contributed by atoms with Crippen LogP contribution in [-0.4, -0.2) is 31.1 Å². The van der Waals surface area contributed by atoms with Crippen LogP contribution in [-0.2, 0) is 21.2 Å². The lowest BCUT2D eigenvalue weighted by atomic mass is 10.1. The first kappa shape index (κ1) is 21.7. The number of nitrogens with zero attached hydrogens (tertiary/aromatic N) is 2. The van der Waals surface area contributed by atoms with Gasteiger partial charge in [-0.2, -0.15) is 0 Å². The highest BCUT2D eigenvalue weighted by Crippen LogP contribution is 2.22. The number of anilines is 2. The minimum Gasteiger partial charge on any atom is -0.483 e. The highest BCUT2D eigenvalue weighted by Gasteiger charge is 2.17. The van der Waals surface area contributed by atoms with Crippen molar-refractivity contribution in [2.24, 2.45) is 0 Å². The summed E-state index contributed by atoms with van der Waals surface area (Å²) in [5, 5.41) is 11.4. The number of aryl methyl sites for hydroxylation is 3. The molecule has 2 aromatic carbocycles. The molecule has 3 rings (SSSR count). The Balaban J connectivity index is 1.58. The number of rotatable bonds is 8. The Labute approximate surface area is 179 Å². The third-order valence-electron chi connectivity index (χ3n) is 4.13. The lowest BCUT2D eigenvalue weighted by molar-refractivity contribution is -0.118. The lowest BCUT2D eigenvalue weighted by Crippen LogP contribution is -2.20. The second-order valence-electron chi connectivity index (χ2n) is 6.59. The third-order valence-corrected chi connectivity index (χ3v) is 6.60. The molecule has 0 saturated heterocycles. The highest BCUT2D eigenvalue weighted by molar-refractivity contribution is 7.93. The summed E-state index contributed by atoms with van der Waals surface area (Å²) < 4.78 is 32.9. The first-order valence-electron chi connectivity index (χ1n) is 9.22. The van der Waals surface area contributed by atoms with Gasteiger partial charge in [-0.25, -0.2) is 8.42 Å². The van der Waals surface area contributed by atoms with Crippen molar-refractivity contribution in [1.82, 2.24) is 10.2 Å². The molecule has 2 N–H and O–H groups in total. The standard InChI is InChI=1S/C20H22N4O4S2/c1-4-19-22-23-20(29-19)24-30(26,27)16-8-6-15(7-9-16)21-18(25)12-28-17-10-5-13(2)11-14(17)3/h5-11H,4,12H2,1-3H3,(H,21,25)(H,23,24). The van der Waals surface area contributed by atoms with Gasteiger partial charge in [0.25, 0.3) is 15.9 Å². The van der Waals surface area contributed by atoms with Crippen LogP contribution >= 0.6 is 11.3 Å². The minimum atomic E-state index is -3.79. The van der Waals surface area contributed by atoms with Gasteiger partial charge in [-0.05, 0) is 56.2 Å². The van der Waals surface area contributed by atoms with Crippen LogP contribution in [0, 0.1) is 13.8 Å². The van der Waals surface area contributed by atoms with E-state index in [1.165, 1.54) is 35.6 Å². The summed E-state index contributed by atoms with van der Waals surface area (Å²) in [7, 11) is -3.79. The Morgan fingerprint density at radius 1 is 1.10 bits per heavy atom. The molecule has 0 atom stereocenters. The van der Waals surface area contributed by atoms with Gasteiger partial charge in [0.05, 0.1) is 4.90 Å². The Kier molecular flexibility index (Phi) is 6.68. The average molecular weight is 447 g/mol. The van der Waals surface area contributed by atoms with Crippen molar-refractivity contribution in [3.8, 4) is 5.75 Å². The van der Waals surface area contributed by atoms with Gasteiger partial charge in [0.1, 0.15) is 10.8 Å². The molecule has 0 spiro atoms. The topological polar surface area (TPSA) is 110 Å². The third kappa shape index (κ3) is 5.55. The molecule has 0 aliphatic rings. The maximum absolute atomic E-state index is 12.5. The van der Waals surface area contributed by atoms with Crippen LogP contribution in [0.2, 0.25) is 0 Å². The zero-order chi connectivity index (χ0) is 21.7. The summed E-state index contributed by atoms with van der Waals surface area (Å²) >= 11 is 1.19. The predicted octanol–water partition coefficient (Wildman–Crippen LogP) is 3.54. The molecule has 0 radical (unpaired) electrons. The monoisotopic (exact) mass is 446 g/mol. The molecule has 8 nitrogen and oxygen atoms in total. The number of aromatic nitrogens is 2. The first-order chi connectivity index (χ1) is 14.3. The Bertz CT molecular complexity index is 1140. The molecule has 30 heavy (non-hydrogen) atoms. The number of amides is 1. The first-order valence-corrected chi connectivity index (χ1v) is 11.5. The second kappa shape index (κ2) is 9.23. The number of nitrogens with one attached hydrogen (secondary N) is 2. The summed E-state index contributed by atoms with van der Waals surface area (Å²) in [6, 6.07) is 11.6. The van der Waals surface area contributed by atoms with Crippen molar-refractivity contribution < 1.29 is 17.9 Å². The number of sulfonamides is 1. The molecular weight excluding hydrogens is 424 g/mol. The van der Waals surface area contributed by atoms with Crippen LogP contribution in [0.3, 0.4) is 0 Å². The van der Waals surface area contributed by atoms with Crippen LogP contribution < -0.4 is 14.8 Å². The van der Waals surface area contributed by atoms with E-state index in [2.05, 4.69) is 20.2 Å². The molecule has 1 aromatic heterocycles. The van der Waals surface area contributed by atoms with E-state index in [-0.39, 0.29) is 22.5 Å². The van der Waals surface area contributed by atoms with E-state index in [1.54, 1.807) is 0 Å². The van der Waals surface area contributed by atoms with Gasteiger partial charge < -0.3 is 10.1 Å². The zero-order valence-corrected chi connectivity index (χ0v) is 18.4. The lowest BCUT2D eigenvalue weighted by Gasteiger charge is -2.10. The molecule has 0 aliphatic carbocycles. The van der Waals surface area contributed by atoms with Gasteiger partial charge in [0.2, 0.25) is 5.13 Å². The van der Waals surface area contributed by atoms with Crippen LogP contribution in [0.5, 0.6) is 5.75 Å². The molecule has 0 aliphatic heterocycles. The summed E-state index contributed by atoms with van der Waals surface area (Å²) in [5.41, 5.74) is 2.53. The fraction of sp³-hybridized carbons (Fsp3) is 0.250. The molecule has 0 fully saturated rings. The van der Waals surface area contributed by atoms with Crippen molar-refractivity contribution >= 4 is 38.1 Å². The van der Waals surface area contributed by atoms with Crippen molar-refractivity contribution in [1.29, 1.82) is 0 Å². The number of carbonyl (C=O) groups excluding carboxylic acids is 1. The van der Waals surface area contributed by atoms with Gasteiger partial charge in [-0.15, -0.1) is 10.2 Å². The largest absolute Gasteiger partial charge is 0.483 e. The highest BCUT2D eigenvalue weighted by atomic mass is 32.2. The molecule has 0 bridgehead atoms. The van der Waals surface area contributed by atoms with Crippen molar-refractivity contribution in [2.45, 2.75) is 32.1 Å². The summed E-state index contributed by atoms with van der Waals surface area (Å²) in [5.74, 6) is 0.302. The summed E-state index contributed by atoms with van der Waals surface area (Å²) in [4.78, 5) is 12.2. The Morgan fingerprint density at radius 2 is 1.83 bits per heavy atom. The summed E-state index contributed by atoms with van der Waals surface area (Å²) in [6.07, 6.45) is 0.682. The van der Waals surface area contributed by atoms with E-state index in [0.717, 1.165) is 16.1 Å². The van der Waals surface area contributed by atoms with E-state index in [0.29, 0.717) is 17.9 Å². The van der Waals surface area contributed by atoms with Crippen molar-refractivity contribution in [3.63, 3.8) is 0 Å². The van der Waals surface area contributed by atoms with E-state index < -0.39 is 10.0 Å². The Hall–Kier alpha value is -2.98. The number of carbonyl (C=O) groups is 1. The SMILES string of the molecule is CCc1nnc(NS(=O)(=O)c2ccc(NC(=O)COc3ccc(C)cc3C)cc2)s1. The van der Waals surface area contributed by atoms with Gasteiger partial charge >= 0.3 is 0 Å². The maximum Gasteiger partial charge on any atom is 0.263 e. The Morgan fingerprint density at radius 3 is 2.47 bits per heavy atom. The van der Waals surface area contributed by atoms with E-state index in [4.69, 9.17) is 4.74 Å². The number of hydrogen-bond donors (Lipinski definition) is 2. The number of ether oxygens (including phenoxy) is 1. The van der Waals surface area contributed by atoms with Crippen molar-refractivity contribution in [2.75, 3.05) is 16.6 Å². The van der Waals surface area contributed by atoms with E-state index in [1.807, 2.05) is 39.0 Å². The van der Waals surface area contributed by atoms with Crippen LogP contribution in [0.25, 0.3) is 0 Å². The van der Waals surface area contributed by atoms with E-state index in [9.17, 15) is 13.2 Å². The van der Waals surface area contributed by atoms with Crippen molar-refractivity contribution in [3.05, 3.63) is 58.6 Å². The smallest absolute Gasteiger partial charge is 0.263 e. The van der Waals surface area contributed by atoms with Gasteiger partial charge in [-0.1, -0.05) is 36.0 Å². The van der Waals surface area contributed by atoms with Gasteiger partial charge in [0.15, 0.2) is 6.61 Å². The fourth-order valence-corrected chi connectivity index (χ4v) is 4.54. The van der Waals surface area contributed by atoms with Crippen LogP contribution in [0.4, 0.5) is 10.8 Å². The van der Waals surface area contributed by atoms with E-state index >= 15 is 0 Å².